The zero-order valence-electron chi connectivity index (χ0n) is 16.7. The van der Waals surface area contributed by atoms with Gasteiger partial charge in [0.15, 0.2) is 11.7 Å². The molecule has 1 aliphatic rings. The maximum atomic E-state index is 12.7. The van der Waals surface area contributed by atoms with Crippen LogP contribution in [0.4, 0.5) is 10.8 Å². The van der Waals surface area contributed by atoms with Crippen LogP contribution < -0.4 is 9.80 Å². The molecule has 0 atom stereocenters. The highest BCUT2D eigenvalue weighted by Crippen LogP contribution is 2.28. The van der Waals surface area contributed by atoms with Crippen molar-refractivity contribution < 1.29 is 23.9 Å². The summed E-state index contributed by atoms with van der Waals surface area (Å²) >= 11 is 1.39. The number of hydrogen-bond acceptors (Lipinski definition) is 7. The van der Waals surface area contributed by atoms with Crippen molar-refractivity contribution in [1.82, 2.24) is 4.98 Å². The van der Waals surface area contributed by atoms with Crippen LogP contribution in [0.25, 0.3) is 10.2 Å². The van der Waals surface area contributed by atoms with Crippen molar-refractivity contribution in [3.05, 3.63) is 54.1 Å². The average molecular weight is 437 g/mol. The van der Waals surface area contributed by atoms with E-state index in [1.165, 1.54) is 28.4 Å². The van der Waals surface area contributed by atoms with Gasteiger partial charge in [0.1, 0.15) is 0 Å². The standard InChI is InChI=1S/C22H19N3O5S/c1-2-24(22-23-16-8-3-4-9-17(16)31-22)20(28)13-30-21(29)14-6-5-7-15(12-14)25-18(26)10-11-19(25)27/h3-9,12H,2,10-11,13H2,1H3. The van der Waals surface area contributed by atoms with Gasteiger partial charge >= 0.3 is 5.97 Å². The van der Waals surface area contributed by atoms with E-state index in [1.54, 1.807) is 12.1 Å². The molecule has 3 amide bonds. The summed E-state index contributed by atoms with van der Waals surface area (Å²) in [4.78, 5) is 56.0. The van der Waals surface area contributed by atoms with Gasteiger partial charge in [-0.1, -0.05) is 29.5 Å². The van der Waals surface area contributed by atoms with Crippen LogP contribution >= 0.6 is 11.3 Å². The number of nitrogens with zero attached hydrogens (tertiary/aromatic N) is 3. The number of benzene rings is 2. The minimum atomic E-state index is -0.713. The second-order valence-corrected chi connectivity index (χ2v) is 7.86. The molecule has 2 aromatic carbocycles. The van der Waals surface area contributed by atoms with E-state index < -0.39 is 18.5 Å². The number of rotatable bonds is 6. The molecular formula is C22H19N3O5S. The van der Waals surface area contributed by atoms with E-state index in [2.05, 4.69) is 4.98 Å². The number of carbonyl (C=O) groups is 4. The molecule has 9 heteroatoms. The number of anilines is 2. The Morgan fingerprint density at radius 1 is 1.10 bits per heavy atom. The fraction of sp³-hybridized carbons (Fsp3) is 0.227. The molecule has 2 heterocycles. The molecule has 31 heavy (non-hydrogen) atoms. The molecule has 3 aromatic rings. The van der Waals surface area contributed by atoms with Gasteiger partial charge in [0.2, 0.25) is 11.8 Å². The van der Waals surface area contributed by atoms with Gasteiger partial charge in [0.05, 0.1) is 21.5 Å². The summed E-state index contributed by atoms with van der Waals surface area (Å²) in [6.07, 6.45) is 0.307. The Bertz CT molecular complexity index is 1140. The van der Waals surface area contributed by atoms with Crippen LogP contribution in [-0.4, -0.2) is 41.8 Å². The first kappa shape index (κ1) is 20.7. The van der Waals surface area contributed by atoms with Crippen LogP contribution in [0.5, 0.6) is 0 Å². The molecule has 1 fully saturated rings. The lowest BCUT2D eigenvalue weighted by Gasteiger charge is -2.18. The number of likely N-dealkylation sites (N-methyl/N-ethyl adjacent to an activating group) is 1. The summed E-state index contributed by atoms with van der Waals surface area (Å²) in [6.45, 7) is 1.75. The minimum Gasteiger partial charge on any atom is -0.452 e. The molecule has 0 saturated carbocycles. The molecule has 4 rings (SSSR count). The summed E-state index contributed by atoms with van der Waals surface area (Å²) in [5.41, 5.74) is 1.27. The number of imide groups is 1. The molecule has 0 unspecified atom stereocenters. The Kier molecular flexibility index (Phi) is 5.77. The summed E-state index contributed by atoms with van der Waals surface area (Å²) in [6, 6.07) is 13.6. The largest absolute Gasteiger partial charge is 0.452 e. The number of thiazole rings is 1. The highest BCUT2D eigenvalue weighted by atomic mass is 32.1. The first-order valence-electron chi connectivity index (χ1n) is 9.77. The van der Waals surface area contributed by atoms with Gasteiger partial charge in [-0.15, -0.1) is 0 Å². The third kappa shape index (κ3) is 4.17. The van der Waals surface area contributed by atoms with Gasteiger partial charge in [-0.05, 0) is 37.3 Å². The van der Waals surface area contributed by atoms with E-state index in [1.807, 2.05) is 31.2 Å². The van der Waals surface area contributed by atoms with Gasteiger partial charge in [-0.3, -0.25) is 24.2 Å². The number of esters is 1. The lowest BCUT2D eigenvalue weighted by molar-refractivity contribution is -0.122. The van der Waals surface area contributed by atoms with E-state index in [0.29, 0.717) is 17.4 Å². The number of fused-ring (bicyclic) bond motifs is 1. The molecular weight excluding hydrogens is 418 g/mol. The van der Waals surface area contributed by atoms with E-state index in [-0.39, 0.29) is 30.2 Å². The highest BCUT2D eigenvalue weighted by molar-refractivity contribution is 7.22. The lowest BCUT2D eigenvalue weighted by Crippen LogP contribution is -2.34. The Morgan fingerprint density at radius 2 is 1.84 bits per heavy atom. The SMILES string of the molecule is CCN(C(=O)COC(=O)c1cccc(N2C(=O)CCC2=O)c1)c1nc2ccccc2s1. The zero-order chi connectivity index (χ0) is 22.0. The Balaban J connectivity index is 1.44. The van der Waals surface area contributed by atoms with Crippen molar-refractivity contribution in [2.75, 3.05) is 23.0 Å². The normalized spacial score (nSPS) is 13.6. The molecule has 0 N–H and O–H groups in total. The third-order valence-corrected chi connectivity index (χ3v) is 5.91. The quantitative estimate of drug-likeness (QED) is 0.434. The molecule has 0 bridgehead atoms. The number of ether oxygens (including phenoxy) is 1. The molecule has 8 nitrogen and oxygen atoms in total. The minimum absolute atomic E-state index is 0.153. The molecule has 0 radical (unpaired) electrons. The third-order valence-electron chi connectivity index (χ3n) is 4.85. The highest BCUT2D eigenvalue weighted by Gasteiger charge is 2.30. The lowest BCUT2D eigenvalue weighted by atomic mass is 10.2. The van der Waals surface area contributed by atoms with Gasteiger partial charge in [0.25, 0.3) is 5.91 Å². The summed E-state index contributed by atoms with van der Waals surface area (Å²) in [5.74, 6) is -1.72. The molecule has 0 aliphatic carbocycles. The second kappa shape index (κ2) is 8.65. The van der Waals surface area contributed by atoms with Crippen LogP contribution in [0.2, 0.25) is 0 Å². The number of hydrogen-bond donors (Lipinski definition) is 0. The average Bonchev–Trinajstić information content (AvgIpc) is 3.35. The Hall–Kier alpha value is -3.59. The molecule has 1 saturated heterocycles. The van der Waals surface area contributed by atoms with Gasteiger partial charge in [-0.2, -0.15) is 0 Å². The number of amides is 3. The maximum absolute atomic E-state index is 12.7. The number of carbonyl (C=O) groups excluding carboxylic acids is 4. The van der Waals surface area contributed by atoms with Crippen molar-refractivity contribution in [2.24, 2.45) is 0 Å². The van der Waals surface area contributed by atoms with Crippen LogP contribution in [0.3, 0.4) is 0 Å². The predicted octanol–water partition coefficient (Wildman–Crippen LogP) is 3.16. The number of para-hydroxylation sites is 1. The predicted molar refractivity (Wildman–Crippen MR) is 116 cm³/mol. The molecule has 0 spiro atoms. The van der Waals surface area contributed by atoms with Crippen molar-refractivity contribution in [3.63, 3.8) is 0 Å². The fourth-order valence-electron chi connectivity index (χ4n) is 3.32. The van der Waals surface area contributed by atoms with E-state index in [0.717, 1.165) is 15.1 Å². The van der Waals surface area contributed by atoms with Gasteiger partial charge < -0.3 is 4.74 Å². The second-order valence-electron chi connectivity index (χ2n) is 6.85. The van der Waals surface area contributed by atoms with Gasteiger partial charge in [0, 0.05) is 19.4 Å². The molecule has 1 aliphatic heterocycles. The van der Waals surface area contributed by atoms with Crippen LogP contribution in [-0.2, 0) is 19.1 Å². The van der Waals surface area contributed by atoms with E-state index in [9.17, 15) is 19.2 Å². The topological polar surface area (TPSA) is 96.9 Å². The summed E-state index contributed by atoms with van der Waals surface area (Å²) in [5, 5.41) is 0.540. The zero-order valence-corrected chi connectivity index (χ0v) is 17.6. The van der Waals surface area contributed by atoms with E-state index in [4.69, 9.17) is 4.74 Å². The number of aromatic nitrogens is 1. The van der Waals surface area contributed by atoms with E-state index >= 15 is 0 Å². The fourth-order valence-corrected chi connectivity index (χ4v) is 4.37. The smallest absolute Gasteiger partial charge is 0.338 e. The molecule has 1 aromatic heterocycles. The first-order valence-corrected chi connectivity index (χ1v) is 10.6. The van der Waals surface area contributed by atoms with Crippen molar-refractivity contribution in [2.45, 2.75) is 19.8 Å². The van der Waals surface area contributed by atoms with Crippen molar-refractivity contribution >= 4 is 56.1 Å². The van der Waals surface area contributed by atoms with Crippen molar-refractivity contribution in [3.8, 4) is 0 Å². The van der Waals surface area contributed by atoms with Crippen LogP contribution in [0.15, 0.2) is 48.5 Å². The molecule has 158 valence electrons. The Morgan fingerprint density at radius 3 is 2.55 bits per heavy atom. The van der Waals surface area contributed by atoms with Crippen LogP contribution in [0, 0.1) is 0 Å². The Labute approximate surface area is 182 Å². The maximum Gasteiger partial charge on any atom is 0.338 e. The van der Waals surface area contributed by atoms with Crippen molar-refractivity contribution in [1.29, 1.82) is 0 Å². The van der Waals surface area contributed by atoms with Gasteiger partial charge in [-0.25, -0.2) is 9.78 Å². The van der Waals surface area contributed by atoms with Crippen LogP contribution in [0.1, 0.15) is 30.1 Å². The summed E-state index contributed by atoms with van der Waals surface area (Å²) in [7, 11) is 0. The first-order chi connectivity index (χ1) is 15.0. The monoisotopic (exact) mass is 437 g/mol. The summed E-state index contributed by atoms with van der Waals surface area (Å²) < 4.78 is 6.16.